The van der Waals surface area contributed by atoms with Crippen LogP contribution in [0, 0.1) is 0 Å². The summed E-state index contributed by atoms with van der Waals surface area (Å²) in [4.78, 5) is 29.6. The number of rotatable bonds is 6. The van der Waals surface area contributed by atoms with E-state index in [9.17, 15) is 14.2 Å². The summed E-state index contributed by atoms with van der Waals surface area (Å²) < 4.78 is 14.9. The van der Waals surface area contributed by atoms with E-state index in [1.54, 1.807) is 0 Å². The first kappa shape index (κ1) is 13.1. The zero-order chi connectivity index (χ0) is 11.2. The number of carboxylic acids is 1. The van der Waals surface area contributed by atoms with Crippen LogP contribution in [-0.4, -0.2) is 42.1 Å². The van der Waals surface area contributed by atoms with Crippen molar-refractivity contribution in [2.24, 2.45) is 0 Å². The van der Waals surface area contributed by atoms with Gasteiger partial charge in [0.25, 0.3) is 0 Å². The van der Waals surface area contributed by atoms with Gasteiger partial charge in [-0.25, -0.2) is 9.65 Å². The lowest BCUT2D eigenvalue weighted by Gasteiger charge is -2.09. The summed E-state index contributed by atoms with van der Waals surface area (Å²) in [6, 6.07) is 0. The highest BCUT2D eigenvalue weighted by Gasteiger charge is 2.17. The van der Waals surface area contributed by atoms with E-state index in [2.05, 4.69) is 4.52 Å². The molecule has 14 heavy (non-hydrogen) atoms. The Bertz CT molecular complexity index is 267. The van der Waals surface area contributed by atoms with Crippen LogP contribution in [0.4, 0.5) is 0 Å². The van der Waals surface area contributed by atoms with Gasteiger partial charge in [0.15, 0.2) is 0 Å². The highest BCUT2D eigenvalue weighted by Crippen LogP contribution is 2.34. The van der Waals surface area contributed by atoms with E-state index in [-0.39, 0.29) is 0 Å². The quantitative estimate of drug-likeness (QED) is 0.407. The standard InChI is InChI=1S/C5H11N2O6P/c1-13-14(11,12)7-2-4(8)6-3-5(9)10/h2-3H2,1H3,(H,6,8)(H,9,10)(H2,7,11,12). The van der Waals surface area contributed by atoms with Gasteiger partial charge in [-0.1, -0.05) is 0 Å². The number of amides is 1. The molecular formula is C5H11N2O6P. The number of nitrogens with one attached hydrogen (secondary N) is 2. The molecule has 0 aromatic carbocycles. The molecule has 0 saturated carbocycles. The third kappa shape index (κ3) is 6.55. The van der Waals surface area contributed by atoms with Gasteiger partial charge in [-0.15, -0.1) is 0 Å². The molecule has 0 aliphatic rings. The Kier molecular flexibility index (Phi) is 5.32. The molecule has 0 bridgehead atoms. The van der Waals surface area contributed by atoms with Crippen LogP contribution in [0.5, 0.6) is 0 Å². The predicted molar refractivity (Wildman–Crippen MR) is 45.5 cm³/mol. The second-order valence-corrected chi connectivity index (χ2v) is 3.93. The van der Waals surface area contributed by atoms with Crippen molar-refractivity contribution in [1.82, 2.24) is 10.4 Å². The molecule has 1 amide bonds. The number of carbonyl (C=O) groups excluding carboxylic acids is 1. The topological polar surface area (TPSA) is 125 Å². The number of carbonyl (C=O) groups is 2. The van der Waals surface area contributed by atoms with Crippen molar-refractivity contribution in [3.05, 3.63) is 0 Å². The summed E-state index contributed by atoms with van der Waals surface area (Å²) in [5.41, 5.74) is 0. The SMILES string of the molecule is COP(=O)(O)NCC(=O)NCC(=O)O. The average Bonchev–Trinajstić information content (AvgIpc) is 2.11. The molecule has 0 heterocycles. The first-order chi connectivity index (χ1) is 6.37. The molecule has 82 valence electrons. The molecule has 1 atom stereocenters. The fourth-order valence-electron chi connectivity index (χ4n) is 0.473. The lowest BCUT2D eigenvalue weighted by molar-refractivity contribution is -0.137. The van der Waals surface area contributed by atoms with Crippen LogP contribution in [0.2, 0.25) is 0 Å². The summed E-state index contributed by atoms with van der Waals surface area (Å²) in [6.07, 6.45) is 0. The van der Waals surface area contributed by atoms with Crippen molar-refractivity contribution >= 4 is 19.6 Å². The maximum absolute atomic E-state index is 10.8. The van der Waals surface area contributed by atoms with Crippen LogP contribution in [-0.2, 0) is 18.7 Å². The fourth-order valence-corrected chi connectivity index (χ4v) is 0.945. The summed E-state index contributed by atoms with van der Waals surface area (Å²) in [5.74, 6) is -1.91. The van der Waals surface area contributed by atoms with Gasteiger partial charge in [0.05, 0.1) is 6.54 Å². The minimum absolute atomic E-state index is 0.491. The van der Waals surface area contributed by atoms with Crippen molar-refractivity contribution < 1.29 is 28.7 Å². The molecule has 0 saturated heterocycles. The van der Waals surface area contributed by atoms with Crippen molar-refractivity contribution in [1.29, 1.82) is 0 Å². The van der Waals surface area contributed by atoms with Crippen LogP contribution in [0.25, 0.3) is 0 Å². The van der Waals surface area contributed by atoms with Gasteiger partial charge < -0.3 is 19.8 Å². The molecule has 1 unspecified atom stereocenters. The first-order valence-corrected chi connectivity index (χ1v) is 5.07. The monoisotopic (exact) mass is 226 g/mol. The normalized spacial score (nSPS) is 14.4. The van der Waals surface area contributed by atoms with Crippen molar-refractivity contribution in [2.45, 2.75) is 0 Å². The first-order valence-electron chi connectivity index (χ1n) is 3.49. The summed E-state index contributed by atoms with van der Waals surface area (Å²) in [6.45, 7) is -1.03. The summed E-state index contributed by atoms with van der Waals surface area (Å²) >= 11 is 0. The number of carboxylic acid groups (broad SMARTS) is 1. The molecule has 8 nitrogen and oxygen atoms in total. The molecule has 0 aromatic heterocycles. The highest BCUT2D eigenvalue weighted by atomic mass is 31.2. The summed E-state index contributed by atoms with van der Waals surface area (Å²) in [7, 11) is -2.93. The molecule has 9 heteroatoms. The minimum Gasteiger partial charge on any atom is -0.480 e. The van der Waals surface area contributed by atoms with Gasteiger partial charge in [-0.2, -0.15) is 0 Å². The number of aliphatic carboxylic acids is 1. The number of hydrogen-bond donors (Lipinski definition) is 4. The lowest BCUT2D eigenvalue weighted by Crippen LogP contribution is -2.35. The smallest absolute Gasteiger partial charge is 0.403 e. The van der Waals surface area contributed by atoms with E-state index in [4.69, 9.17) is 10.00 Å². The number of hydrogen-bond acceptors (Lipinski definition) is 4. The zero-order valence-electron chi connectivity index (χ0n) is 7.39. The Hall–Kier alpha value is -0.950. The second kappa shape index (κ2) is 5.71. The Morgan fingerprint density at radius 3 is 2.43 bits per heavy atom. The molecule has 0 aliphatic heterocycles. The molecule has 0 fully saturated rings. The maximum Gasteiger partial charge on any atom is 0.403 e. The Balaban J connectivity index is 3.75. The fraction of sp³-hybridized carbons (Fsp3) is 0.600. The Morgan fingerprint density at radius 2 is 2.00 bits per heavy atom. The highest BCUT2D eigenvalue weighted by molar-refractivity contribution is 7.50. The van der Waals surface area contributed by atoms with E-state index in [0.29, 0.717) is 0 Å². The van der Waals surface area contributed by atoms with Crippen LogP contribution < -0.4 is 10.4 Å². The van der Waals surface area contributed by atoms with Gasteiger partial charge in [-0.05, 0) is 0 Å². The van der Waals surface area contributed by atoms with Gasteiger partial charge in [-0.3, -0.25) is 9.59 Å². The average molecular weight is 226 g/mol. The molecule has 0 aromatic rings. The second-order valence-electron chi connectivity index (χ2n) is 2.21. The van der Waals surface area contributed by atoms with Crippen LogP contribution in [0.1, 0.15) is 0 Å². The zero-order valence-corrected chi connectivity index (χ0v) is 8.28. The molecule has 0 spiro atoms. The van der Waals surface area contributed by atoms with E-state index >= 15 is 0 Å². The van der Waals surface area contributed by atoms with E-state index in [0.717, 1.165) is 7.11 Å². The van der Waals surface area contributed by atoms with E-state index in [1.807, 2.05) is 10.4 Å². The lowest BCUT2D eigenvalue weighted by atomic mass is 10.5. The maximum atomic E-state index is 10.8. The molecule has 0 radical (unpaired) electrons. The van der Waals surface area contributed by atoms with Gasteiger partial charge in [0.1, 0.15) is 6.54 Å². The minimum atomic E-state index is -3.93. The van der Waals surface area contributed by atoms with E-state index < -0.39 is 32.7 Å². The van der Waals surface area contributed by atoms with Crippen molar-refractivity contribution in [3.63, 3.8) is 0 Å². The summed E-state index contributed by atoms with van der Waals surface area (Å²) in [5, 5.41) is 12.1. The van der Waals surface area contributed by atoms with Crippen molar-refractivity contribution in [2.75, 3.05) is 20.2 Å². The van der Waals surface area contributed by atoms with Crippen LogP contribution >= 0.6 is 7.75 Å². The Morgan fingerprint density at radius 1 is 1.43 bits per heavy atom. The molecular weight excluding hydrogens is 215 g/mol. The molecule has 4 N–H and O–H groups in total. The molecule has 0 aliphatic carbocycles. The molecule has 0 rings (SSSR count). The largest absolute Gasteiger partial charge is 0.480 e. The van der Waals surface area contributed by atoms with Gasteiger partial charge in [0.2, 0.25) is 5.91 Å². The predicted octanol–water partition coefficient (Wildman–Crippen LogP) is -1.48. The van der Waals surface area contributed by atoms with Gasteiger partial charge in [0, 0.05) is 7.11 Å². The Labute approximate surface area is 79.8 Å². The van der Waals surface area contributed by atoms with Gasteiger partial charge >= 0.3 is 13.7 Å². The van der Waals surface area contributed by atoms with E-state index in [1.165, 1.54) is 0 Å². The van der Waals surface area contributed by atoms with Crippen LogP contribution in [0.15, 0.2) is 0 Å². The van der Waals surface area contributed by atoms with Crippen LogP contribution in [0.3, 0.4) is 0 Å². The van der Waals surface area contributed by atoms with Crippen molar-refractivity contribution in [3.8, 4) is 0 Å². The third-order valence-corrected chi connectivity index (χ3v) is 2.18. The third-order valence-electron chi connectivity index (χ3n) is 1.12.